The zero-order valence-corrected chi connectivity index (χ0v) is 12.7. The number of amides is 1. The topological polar surface area (TPSA) is 86.9 Å². The highest BCUT2D eigenvalue weighted by Crippen LogP contribution is 2.44. The van der Waals surface area contributed by atoms with Crippen LogP contribution in [-0.4, -0.2) is 41.0 Å². The van der Waals surface area contributed by atoms with Gasteiger partial charge < -0.3 is 10.0 Å². The molecule has 7 nitrogen and oxygen atoms in total. The second kappa shape index (κ2) is 5.03. The predicted molar refractivity (Wildman–Crippen MR) is 80.4 cm³/mol. The van der Waals surface area contributed by atoms with Gasteiger partial charge in [-0.3, -0.25) is 19.8 Å². The van der Waals surface area contributed by atoms with Crippen molar-refractivity contribution in [3.63, 3.8) is 0 Å². The Labute approximate surface area is 128 Å². The number of nitrogens with zero attached hydrogens (tertiary/aromatic N) is 3. The Hall–Kier alpha value is -1.99. The fourth-order valence-electron chi connectivity index (χ4n) is 3.46. The minimum absolute atomic E-state index is 0.120. The van der Waals surface area contributed by atoms with E-state index in [2.05, 4.69) is 6.92 Å². The molecule has 0 bridgehead atoms. The lowest BCUT2D eigenvalue weighted by Gasteiger charge is -2.40. The van der Waals surface area contributed by atoms with Gasteiger partial charge in [0.05, 0.1) is 10.6 Å². The Balaban J connectivity index is 2.10. The van der Waals surface area contributed by atoms with Gasteiger partial charge in [-0.2, -0.15) is 0 Å². The van der Waals surface area contributed by atoms with Crippen LogP contribution in [0.4, 0.5) is 11.4 Å². The van der Waals surface area contributed by atoms with Crippen LogP contribution < -0.4 is 4.90 Å². The van der Waals surface area contributed by atoms with E-state index in [1.54, 1.807) is 11.9 Å². The summed E-state index contributed by atoms with van der Waals surface area (Å²) < 4.78 is 0. The largest absolute Gasteiger partial charge is 0.364 e. The maximum atomic E-state index is 12.6. The first-order valence-electron chi connectivity index (χ1n) is 7.40. The lowest BCUT2D eigenvalue weighted by Crippen LogP contribution is -2.55. The van der Waals surface area contributed by atoms with E-state index in [-0.39, 0.29) is 5.69 Å². The minimum atomic E-state index is -1.80. The molecule has 0 radical (unpaired) electrons. The maximum absolute atomic E-state index is 12.6. The van der Waals surface area contributed by atoms with Crippen LogP contribution in [0.3, 0.4) is 0 Å². The van der Waals surface area contributed by atoms with E-state index in [4.69, 9.17) is 0 Å². The summed E-state index contributed by atoms with van der Waals surface area (Å²) in [5.41, 5.74) is -1.09. The molecule has 118 valence electrons. The molecule has 7 heteroatoms. The summed E-state index contributed by atoms with van der Waals surface area (Å²) in [7, 11) is 1.58. The number of nitro benzene ring substituents is 1. The first kappa shape index (κ1) is 14.9. The summed E-state index contributed by atoms with van der Waals surface area (Å²) in [6.45, 7) is 3.27. The van der Waals surface area contributed by atoms with Gasteiger partial charge in [0.25, 0.3) is 11.6 Å². The molecule has 0 unspecified atom stereocenters. The van der Waals surface area contributed by atoms with Gasteiger partial charge in [0.1, 0.15) is 0 Å². The van der Waals surface area contributed by atoms with E-state index in [1.807, 2.05) is 0 Å². The third-order valence-corrected chi connectivity index (χ3v) is 4.65. The molecule has 0 aromatic heterocycles. The molecule has 2 atom stereocenters. The number of anilines is 1. The van der Waals surface area contributed by atoms with Gasteiger partial charge >= 0.3 is 0 Å². The van der Waals surface area contributed by atoms with E-state index in [0.717, 1.165) is 12.8 Å². The molecule has 22 heavy (non-hydrogen) atoms. The van der Waals surface area contributed by atoms with E-state index in [0.29, 0.717) is 30.3 Å². The molecule has 1 amide bonds. The smallest absolute Gasteiger partial charge is 0.279 e. The number of carbonyl (C=O) groups is 1. The first-order chi connectivity index (χ1) is 10.4. The predicted octanol–water partition coefficient (Wildman–Crippen LogP) is 1.45. The van der Waals surface area contributed by atoms with Crippen molar-refractivity contribution >= 4 is 17.3 Å². The van der Waals surface area contributed by atoms with E-state index in [1.165, 1.54) is 23.1 Å². The number of fused-ring (bicyclic) bond motifs is 1. The number of aliphatic hydroxyl groups is 1. The molecular formula is C15H19N3O4. The molecule has 2 aliphatic rings. The Bertz CT molecular complexity index is 648. The Kier molecular flexibility index (Phi) is 3.41. The highest BCUT2D eigenvalue weighted by molar-refractivity contribution is 6.06. The first-order valence-corrected chi connectivity index (χ1v) is 7.40. The summed E-state index contributed by atoms with van der Waals surface area (Å²) in [5, 5.41) is 22.2. The van der Waals surface area contributed by atoms with Crippen LogP contribution in [0.25, 0.3) is 0 Å². The van der Waals surface area contributed by atoms with Crippen molar-refractivity contribution in [2.75, 3.05) is 25.0 Å². The summed E-state index contributed by atoms with van der Waals surface area (Å²) in [4.78, 5) is 26.3. The van der Waals surface area contributed by atoms with Crippen molar-refractivity contribution < 1.29 is 14.8 Å². The van der Waals surface area contributed by atoms with Crippen LogP contribution in [0.15, 0.2) is 18.2 Å². The molecular weight excluding hydrogens is 286 g/mol. The van der Waals surface area contributed by atoms with Crippen LogP contribution >= 0.6 is 0 Å². The molecule has 2 aliphatic heterocycles. The van der Waals surface area contributed by atoms with Crippen LogP contribution in [0.2, 0.25) is 0 Å². The fraction of sp³-hybridized carbons (Fsp3) is 0.533. The van der Waals surface area contributed by atoms with Gasteiger partial charge in [0.2, 0.25) is 5.72 Å². The van der Waals surface area contributed by atoms with Gasteiger partial charge in [-0.1, -0.05) is 6.92 Å². The second-order valence-corrected chi connectivity index (χ2v) is 6.19. The van der Waals surface area contributed by atoms with Crippen molar-refractivity contribution in [3.8, 4) is 0 Å². The van der Waals surface area contributed by atoms with Crippen LogP contribution in [0.1, 0.15) is 25.3 Å². The average molecular weight is 305 g/mol. The summed E-state index contributed by atoms with van der Waals surface area (Å²) in [6.07, 6.45) is 1.95. The number of non-ortho nitro benzene ring substituents is 1. The third kappa shape index (κ3) is 2.00. The fourth-order valence-corrected chi connectivity index (χ4v) is 3.46. The van der Waals surface area contributed by atoms with E-state index in [9.17, 15) is 20.0 Å². The van der Waals surface area contributed by atoms with Crippen LogP contribution in [0.5, 0.6) is 0 Å². The van der Waals surface area contributed by atoms with E-state index < -0.39 is 16.6 Å². The lowest BCUT2D eigenvalue weighted by atomic mass is 9.94. The molecule has 1 aromatic rings. The number of hydrogen-bond acceptors (Lipinski definition) is 5. The van der Waals surface area contributed by atoms with E-state index >= 15 is 0 Å². The Morgan fingerprint density at radius 2 is 2.18 bits per heavy atom. The summed E-state index contributed by atoms with van der Waals surface area (Å²) >= 11 is 0. The standard InChI is InChI=1S/C15H19N3O4/c1-10-4-3-7-17(9-10)15(20)12-8-11(18(21)22)5-6-13(12)16(2)14(15)19/h5-6,8,10,20H,3-4,7,9H2,1-2H3/t10-,15+/m0/s1. The monoisotopic (exact) mass is 305 g/mol. The molecule has 1 aromatic carbocycles. The van der Waals surface area contributed by atoms with Gasteiger partial charge in [-0.25, -0.2) is 0 Å². The number of benzene rings is 1. The van der Waals surface area contributed by atoms with Crippen molar-refractivity contribution in [2.45, 2.75) is 25.5 Å². The number of likely N-dealkylation sites (N-methyl/N-ethyl adjacent to an activating group) is 1. The highest BCUT2D eigenvalue weighted by atomic mass is 16.6. The molecule has 1 N–H and O–H groups in total. The van der Waals surface area contributed by atoms with Crippen molar-refractivity contribution in [1.82, 2.24) is 4.90 Å². The second-order valence-electron chi connectivity index (χ2n) is 6.19. The number of rotatable bonds is 2. The number of likely N-dealkylation sites (tertiary alicyclic amines) is 1. The normalized spacial score (nSPS) is 28.8. The number of hydrogen-bond donors (Lipinski definition) is 1. The summed E-state index contributed by atoms with van der Waals surface area (Å²) in [6, 6.07) is 4.19. The molecule has 0 saturated carbocycles. The lowest BCUT2D eigenvalue weighted by molar-refractivity contribution is -0.385. The number of piperidine rings is 1. The number of carbonyl (C=O) groups excluding carboxylic acids is 1. The number of nitro groups is 1. The molecule has 1 saturated heterocycles. The molecule has 3 rings (SSSR count). The quantitative estimate of drug-likeness (QED) is 0.660. The molecule has 2 heterocycles. The van der Waals surface area contributed by atoms with Gasteiger partial charge in [-0.15, -0.1) is 0 Å². The van der Waals surface area contributed by atoms with Gasteiger partial charge in [-0.05, 0) is 24.8 Å². The van der Waals surface area contributed by atoms with Crippen molar-refractivity contribution in [1.29, 1.82) is 0 Å². The summed E-state index contributed by atoms with van der Waals surface area (Å²) in [5.74, 6) is -0.0734. The molecule has 0 spiro atoms. The molecule has 0 aliphatic carbocycles. The Morgan fingerprint density at radius 1 is 1.45 bits per heavy atom. The highest BCUT2D eigenvalue weighted by Gasteiger charge is 2.53. The third-order valence-electron chi connectivity index (χ3n) is 4.65. The Morgan fingerprint density at radius 3 is 2.82 bits per heavy atom. The van der Waals surface area contributed by atoms with Gasteiger partial charge in [0.15, 0.2) is 0 Å². The van der Waals surface area contributed by atoms with Crippen LogP contribution in [0, 0.1) is 16.0 Å². The minimum Gasteiger partial charge on any atom is -0.364 e. The van der Waals surface area contributed by atoms with Crippen molar-refractivity contribution in [2.24, 2.45) is 5.92 Å². The SMILES string of the molecule is C[C@H]1CCCN([C@]2(O)C(=O)N(C)c3ccc([N+](=O)[O-])cc32)C1. The van der Waals surface area contributed by atoms with Crippen LogP contribution in [-0.2, 0) is 10.5 Å². The molecule has 1 fully saturated rings. The van der Waals surface area contributed by atoms with Gasteiger partial charge in [0, 0.05) is 37.8 Å². The maximum Gasteiger partial charge on any atom is 0.279 e. The zero-order chi connectivity index (χ0) is 16.1. The van der Waals surface area contributed by atoms with Crippen molar-refractivity contribution in [3.05, 3.63) is 33.9 Å². The average Bonchev–Trinajstić information content (AvgIpc) is 2.70. The zero-order valence-electron chi connectivity index (χ0n) is 12.7.